The maximum Gasteiger partial charge on any atom is 0.344 e. The maximum atomic E-state index is 10.8. The number of nitrogens with one attached hydrogen (secondary N) is 1. The normalized spacial score (nSPS) is 12.6. The highest BCUT2D eigenvalue weighted by Gasteiger charge is 2.16. The Hall–Kier alpha value is -2.04. The monoisotopic (exact) mass is 220 g/mol. The molecule has 1 aromatic heterocycles. The number of carboxylic acids is 1. The number of fused-ring (bicyclic) bond motifs is 1. The third kappa shape index (κ3) is 1.98. The molecular formula is C11H12N2O3. The molecule has 1 atom stereocenters. The minimum atomic E-state index is -0.949. The molecule has 0 aliphatic heterocycles. The Morgan fingerprint density at radius 2 is 2.44 bits per heavy atom. The molecule has 0 amide bonds. The van der Waals surface area contributed by atoms with Gasteiger partial charge in [-0.2, -0.15) is 5.10 Å². The Morgan fingerprint density at radius 3 is 3.12 bits per heavy atom. The first-order chi connectivity index (χ1) is 7.70. The van der Waals surface area contributed by atoms with Crippen LogP contribution in [0.1, 0.15) is 13.3 Å². The maximum absolute atomic E-state index is 10.8. The Labute approximate surface area is 92.0 Å². The predicted molar refractivity (Wildman–Crippen MR) is 58.4 cm³/mol. The van der Waals surface area contributed by atoms with E-state index < -0.39 is 12.1 Å². The number of hydrogen-bond acceptors (Lipinski definition) is 3. The standard InChI is InChI=1S/C11H12N2O3/c1-2-10(11(14)15)16-8-3-4-9-7(5-8)6-12-13-9/h3-6,10H,2H2,1H3,(H,12,13)(H,14,15). The van der Waals surface area contributed by atoms with Gasteiger partial charge in [0.25, 0.3) is 0 Å². The number of hydrogen-bond donors (Lipinski definition) is 2. The Morgan fingerprint density at radius 1 is 1.62 bits per heavy atom. The van der Waals surface area contributed by atoms with E-state index in [-0.39, 0.29) is 0 Å². The SMILES string of the molecule is CCC(Oc1ccc2[nH]ncc2c1)C(=O)O. The van der Waals surface area contributed by atoms with Gasteiger partial charge in [-0.1, -0.05) is 6.92 Å². The Balaban J connectivity index is 2.23. The topological polar surface area (TPSA) is 75.2 Å². The molecule has 2 aromatic rings. The third-order valence-electron chi connectivity index (χ3n) is 2.34. The van der Waals surface area contributed by atoms with Gasteiger partial charge in [-0.05, 0) is 24.6 Å². The van der Waals surface area contributed by atoms with Gasteiger partial charge < -0.3 is 9.84 Å². The number of benzene rings is 1. The lowest BCUT2D eigenvalue weighted by atomic mass is 10.2. The summed E-state index contributed by atoms with van der Waals surface area (Å²) in [6.45, 7) is 1.77. The van der Waals surface area contributed by atoms with Crippen LogP contribution in [0.2, 0.25) is 0 Å². The van der Waals surface area contributed by atoms with Gasteiger partial charge in [0.05, 0.1) is 11.7 Å². The molecule has 2 N–H and O–H groups in total. The molecule has 5 heteroatoms. The zero-order chi connectivity index (χ0) is 11.5. The Bertz CT molecular complexity index is 507. The van der Waals surface area contributed by atoms with Crippen LogP contribution >= 0.6 is 0 Å². The van der Waals surface area contributed by atoms with Crippen LogP contribution in [0, 0.1) is 0 Å². The summed E-state index contributed by atoms with van der Waals surface area (Å²) in [5.41, 5.74) is 0.899. The van der Waals surface area contributed by atoms with Crippen molar-refractivity contribution in [2.45, 2.75) is 19.4 Å². The fraction of sp³-hybridized carbons (Fsp3) is 0.273. The van der Waals surface area contributed by atoms with Crippen LogP contribution in [0.3, 0.4) is 0 Å². The molecule has 0 aliphatic carbocycles. The molecule has 1 unspecified atom stereocenters. The van der Waals surface area contributed by atoms with Crippen molar-refractivity contribution in [2.24, 2.45) is 0 Å². The smallest absolute Gasteiger partial charge is 0.344 e. The highest BCUT2D eigenvalue weighted by atomic mass is 16.5. The second-order valence-electron chi connectivity index (χ2n) is 3.47. The van der Waals surface area contributed by atoms with Gasteiger partial charge in [-0.3, -0.25) is 5.10 Å². The van der Waals surface area contributed by atoms with Gasteiger partial charge >= 0.3 is 5.97 Å². The molecule has 0 fully saturated rings. The fourth-order valence-electron chi connectivity index (χ4n) is 1.47. The van der Waals surface area contributed by atoms with E-state index in [4.69, 9.17) is 9.84 Å². The molecule has 2 rings (SSSR count). The number of aromatic nitrogens is 2. The minimum Gasteiger partial charge on any atom is -0.479 e. The summed E-state index contributed by atoms with van der Waals surface area (Å²) in [5, 5.41) is 16.5. The number of aromatic amines is 1. The van der Waals surface area contributed by atoms with Crippen molar-refractivity contribution >= 4 is 16.9 Å². The number of aliphatic carboxylic acids is 1. The second kappa shape index (κ2) is 4.22. The number of H-pyrrole nitrogens is 1. The summed E-state index contributed by atoms with van der Waals surface area (Å²) >= 11 is 0. The van der Waals surface area contributed by atoms with E-state index in [9.17, 15) is 4.79 Å². The predicted octanol–water partition coefficient (Wildman–Crippen LogP) is 1.80. The minimum absolute atomic E-state index is 0.429. The van der Waals surface area contributed by atoms with Gasteiger partial charge in [-0.25, -0.2) is 4.79 Å². The van der Waals surface area contributed by atoms with Crippen molar-refractivity contribution in [3.8, 4) is 5.75 Å². The molecule has 0 radical (unpaired) electrons. The first kappa shape index (κ1) is 10.5. The van der Waals surface area contributed by atoms with Crippen molar-refractivity contribution < 1.29 is 14.6 Å². The lowest BCUT2D eigenvalue weighted by Gasteiger charge is -2.12. The highest BCUT2D eigenvalue weighted by Crippen LogP contribution is 2.20. The van der Waals surface area contributed by atoms with Crippen LogP contribution < -0.4 is 4.74 Å². The molecule has 5 nitrogen and oxygen atoms in total. The summed E-state index contributed by atoms with van der Waals surface area (Å²) in [6, 6.07) is 5.31. The van der Waals surface area contributed by atoms with E-state index in [0.717, 1.165) is 10.9 Å². The van der Waals surface area contributed by atoms with E-state index in [1.165, 1.54) is 0 Å². The summed E-state index contributed by atoms with van der Waals surface area (Å²) in [5.74, 6) is -0.405. The van der Waals surface area contributed by atoms with Gasteiger partial charge in [0.15, 0.2) is 6.10 Å². The van der Waals surface area contributed by atoms with Crippen molar-refractivity contribution in [1.29, 1.82) is 0 Å². The molecule has 16 heavy (non-hydrogen) atoms. The zero-order valence-corrected chi connectivity index (χ0v) is 8.80. The van der Waals surface area contributed by atoms with Crippen LogP contribution in [0.4, 0.5) is 0 Å². The number of rotatable bonds is 4. The molecule has 1 aromatic carbocycles. The molecule has 0 saturated carbocycles. The summed E-state index contributed by atoms with van der Waals surface area (Å²) in [7, 11) is 0. The van der Waals surface area contributed by atoms with Gasteiger partial charge in [0.1, 0.15) is 5.75 Å². The summed E-state index contributed by atoms with van der Waals surface area (Å²) < 4.78 is 5.36. The average Bonchev–Trinajstić information content (AvgIpc) is 2.72. The first-order valence-corrected chi connectivity index (χ1v) is 5.03. The molecule has 84 valence electrons. The fourth-order valence-corrected chi connectivity index (χ4v) is 1.47. The molecular weight excluding hydrogens is 208 g/mol. The van der Waals surface area contributed by atoms with Crippen LogP contribution in [0.25, 0.3) is 10.9 Å². The molecule has 0 aliphatic rings. The van der Waals surface area contributed by atoms with Crippen molar-refractivity contribution in [3.63, 3.8) is 0 Å². The van der Waals surface area contributed by atoms with Crippen molar-refractivity contribution in [1.82, 2.24) is 10.2 Å². The number of ether oxygens (including phenoxy) is 1. The summed E-state index contributed by atoms with van der Waals surface area (Å²) in [6.07, 6.45) is 1.30. The van der Waals surface area contributed by atoms with Gasteiger partial charge in [0.2, 0.25) is 0 Å². The van der Waals surface area contributed by atoms with E-state index in [1.807, 2.05) is 6.07 Å². The van der Waals surface area contributed by atoms with Crippen LogP contribution in [-0.2, 0) is 4.79 Å². The Kier molecular flexibility index (Phi) is 2.76. The quantitative estimate of drug-likeness (QED) is 0.823. The number of nitrogens with zero attached hydrogens (tertiary/aromatic N) is 1. The van der Waals surface area contributed by atoms with Crippen molar-refractivity contribution in [2.75, 3.05) is 0 Å². The van der Waals surface area contributed by atoms with E-state index in [0.29, 0.717) is 12.2 Å². The van der Waals surface area contributed by atoms with Gasteiger partial charge in [-0.15, -0.1) is 0 Å². The lowest BCUT2D eigenvalue weighted by Crippen LogP contribution is -2.25. The van der Waals surface area contributed by atoms with E-state index in [1.54, 1.807) is 25.3 Å². The van der Waals surface area contributed by atoms with E-state index in [2.05, 4.69) is 10.2 Å². The average molecular weight is 220 g/mol. The zero-order valence-electron chi connectivity index (χ0n) is 8.80. The van der Waals surface area contributed by atoms with Crippen LogP contribution in [0.15, 0.2) is 24.4 Å². The highest BCUT2D eigenvalue weighted by molar-refractivity contribution is 5.79. The molecule has 0 bridgehead atoms. The van der Waals surface area contributed by atoms with Gasteiger partial charge in [0, 0.05) is 5.39 Å². The summed E-state index contributed by atoms with van der Waals surface area (Å²) in [4.78, 5) is 10.8. The second-order valence-corrected chi connectivity index (χ2v) is 3.47. The van der Waals surface area contributed by atoms with E-state index >= 15 is 0 Å². The van der Waals surface area contributed by atoms with Crippen LogP contribution in [0.5, 0.6) is 5.75 Å². The largest absolute Gasteiger partial charge is 0.479 e. The third-order valence-corrected chi connectivity index (χ3v) is 2.34. The molecule has 0 spiro atoms. The number of carbonyl (C=O) groups is 1. The lowest BCUT2D eigenvalue weighted by molar-refractivity contribution is -0.145. The molecule has 0 saturated heterocycles. The van der Waals surface area contributed by atoms with Crippen molar-refractivity contribution in [3.05, 3.63) is 24.4 Å². The molecule has 1 heterocycles. The number of carboxylic acid groups (broad SMARTS) is 1. The first-order valence-electron chi connectivity index (χ1n) is 5.03. The van der Waals surface area contributed by atoms with Crippen LogP contribution in [-0.4, -0.2) is 27.4 Å².